The molecule has 0 aromatic carbocycles. The quantitative estimate of drug-likeness (QED) is 0.754. The molecule has 6 nitrogen and oxygen atoms in total. The molecule has 0 spiro atoms. The molecule has 2 aromatic heterocycles. The molecule has 0 radical (unpaired) electrons. The van der Waals surface area contributed by atoms with Gasteiger partial charge in [0.05, 0.1) is 7.11 Å². The van der Waals surface area contributed by atoms with Gasteiger partial charge >= 0.3 is 5.97 Å². The van der Waals surface area contributed by atoms with E-state index in [9.17, 15) is 13.2 Å². The Bertz CT molecular complexity index is 731. The molecule has 0 aliphatic rings. The van der Waals surface area contributed by atoms with Crippen LogP contribution in [0, 0.1) is 6.92 Å². The number of esters is 1. The maximum absolute atomic E-state index is 11.7. The normalized spacial score (nSPS) is 11.7. The number of carbonyl (C=O) groups is 1. The summed E-state index contributed by atoms with van der Waals surface area (Å²) in [7, 11) is -2.40. The Labute approximate surface area is 104 Å². The fourth-order valence-electron chi connectivity index (χ4n) is 1.67. The van der Waals surface area contributed by atoms with Gasteiger partial charge in [0.25, 0.3) is 0 Å². The molecule has 0 fully saturated rings. The van der Waals surface area contributed by atoms with E-state index in [1.54, 1.807) is 18.3 Å². The minimum Gasteiger partial charge on any atom is -0.464 e. The van der Waals surface area contributed by atoms with Crippen molar-refractivity contribution < 1.29 is 17.9 Å². The van der Waals surface area contributed by atoms with E-state index in [4.69, 9.17) is 0 Å². The van der Waals surface area contributed by atoms with Crippen molar-refractivity contribution in [3.8, 4) is 0 Å². The molecule has 0 bridgehead atoms. The van der Waals surface area contributed by atoms with Crippen LogP contribution in [-0.4, -0.2) is 37.1 Å². The lowest BCUT2D eigenvalue weighted by Crippen LogP contribution is -2.11. The molecule has 0 atom stereocenters. The second-order valence-corrected chi connectivity index (χ2v) is 5.89. The van der Waals surface area contributed by atoms with Gasteiger partial charge in [-0.1, -0.05) is 6.07 Å². The third-order valence-electron chi connectivity index (χ3n) is 2.46. The zero-order valence-corrected chi connectivity index (χ0v) is 11.0. The molecule has 0 amide bonds. The summed E-state index contributed by atoms with van der Waals surface area (Å²) >= 11 is 0. The molecular formula is C11H12N2O4S. The first-order valence-electron chi connectivity index (χ1n) is 5.11. The van der Waals surface area contributed by atoms with Crippen molar-refractivity contribution in [3.63, 3.8) is 0 Å². The highest BCUT2D eigenvalue weighted by Gasteiger charge is 2.26. The van der Waals surface area contributed by atoms with Crippen molar-refractivity contribution >= 4 is 21.5 Å². The summed E-state index contributed by atoms with van der Waals surface area (Å²) in [6.07, 6.45) is 2.65. The number of pyridine rings is 1. The molecule has 0 saturated heterocycles. The van der Waals surface area contributed by atoms with E-state index >= 15 is 0 Å². The number of aryl methyl sites for hydroxylation is 1. The molecular weight excluding hydrogens is 256 g/mol. The van der Waals surface area contributed by atoms with Crippen molar-refractivity contribution in [2.45, 2.75) is 11.9 Å². The highest BCUT2D eigenvalue weighted by Crippen LogP contribution is 2.19. The van der Waals surface area contributed by atoms with E-state index < -0.39 is 15.8 Å². The third-order valence-corrected chi connectivity index (χ3v) is 3.45. The van der Waals surface area contributed by atoms with Gasteiger partial charge in [-0.05, 0) is 18.6 Å². The molecule has 0 aliphatic heterocycles. The number of nitrogens with zero attached hydrogens (tertiary/aromatic N) is 2. The van der Waals surface area contributed by atoms with E-state index in [1.165, 1.54) is 11.5 Å². The Morgan fingerprint density at radius 1 is 1.39 bits per heavy atom. The summed E-state index contributed by atoms with van der Waals surface area (Å²) < 4.78 is 29.3. The van der Waals surface area contributed by atoms with Crippen molar-refractivity contribution in [1.82, 2.24) is 9.38 Å². The fourth-order valence-corrected chi connectivity index (χ4v) is 2.46. The number of fused-ring (bicyclic) bond motifs is 1. The lowest BCUT2D eigenvalue weighted by molar-refractivity contribution is 0.0588. The second kappa shape index (κ2) is 4.09. The lowest BCUT2D eigenvalue weighted by Gasteiger charge is -2.02. The zero-order chi connectivity index (χ0) is 13.5. The number of aromatic nitrogens is 2. The molecule has 96 valence electrons. The van der Waals surface area contributed by atoms with Gasteiger partial charge in [-0.15, -0.1) is 0 Å². The number of imidazole rings is 1. The number of ether oxygens (including phenoxy) is 1. The first-order valence-corrected chi connectivity index (χ1v) is 7.01. The Balaban J connectivity index is 2.91. The summed E-state index contributed by atoms with van der Waals surface area (Å²) in [6.45, 7) is 1.83. The summed E-state index contributed by atoms with van der Waals surface area (Å²) in [6, 6.07) is 3.44. The van der Waals surface area contributed by atoms with Gasteiger partial charge in [0.2, 0.25) is 0 Å². The van der Waals surface area contributed by atoms with Crippen molar-refractivity contribution in [1.29, 1.82) is 0 Å². The first-order chi connectivity index (χ1) is 8.34. The van der Waals surface area contributed by atoms with Crippen LogP contribution in [-0.2, 0) is 14.6 Å². The van der Waals surface area contributed by atoms with Gasteiger partial charge in [-0.2, -0.15) is 0 Å². The van der Waals surface area contributed by atoms with E-state index in [2.05, 4.69) is 9.72 Å². The molecule has 18 heavy (non-hydrogen) atoms. The summed E-state index contributed by atoms with van der Waals surface area (Å²) in [5.41, 5.74) is 1.20. The molecule has 0 unspecified atom stereocenters. The van der Waals surface area contributed by atoms with Crippen LogP contribution in [0.1, 0.15) is 16.1 Å². The van der Waals surface area contributed by atoms with Crippen LogP contribution in [0.3, 0.4) is 0 Å². The molecule has 0 saturated carbocycles. The second-order valence-electron chi connectivity index (χ2n) is 3.96. The smallest absolute Gasteiger partial charge is 0.358 e. The molecule has 0 N–H and O–H groups in total. The number of hydrogen-bond acceptors (Lipinski definition) is 5. The molecule has 2 rings (SSSR count). The molecule has 2 aromatic rings. The Morgan fingerprint density at radius 3 is 2.61 bits per heavy atom. The van der Waals surface area contributed by atoms with Crippen LogP contribution < -0.4 is 0 Å². The first kappa shape index (κ1) is 12.6. The molecule has 2 heterocycles. The van der Waals surface area contributed by atoms with Gasteiger partial charge in [-0.3, -0.25) is 4.40 Å². The van der Waals surface area contributed by atoms with Gasteiger partial charge < -0.3 is 4.74 Å². The zero-order valence-electron chi connectivity index (χ0n) is 10.2. The summed E-state index contributed by atoms with van der Waals surface area (Å²) in [5.74, 6) is -0.728. The highest BCUT2D eigenvalue weighted by atomic mass is 32.2. The summed E-state index contributed by atoms with van der Waals surface area (Å²) in [4.78, 5) is 15.7. The fraction of sp³-hybridized carbons (Fsp3) is 0.273. The van der Waals surface area contributed by atoms with E-state index in [0.29, 0.717) is 5.65 Å². The largest absolute Gasteiger partial charge is 0.464 e. The minimum absolute atomic E-state index is 0.0706. The Hall–Kier alpha value is -1.89. The van der Waals surface area contributed by atoms with Gasteiger partial charge in [0.15, 0.2) is 20.6 Å². The third kappa shape index (κ3) is 1.97. The Kier molecular flexibility index (Phi) is 2.86. The predicted molar refractivity (Wildman–Crippen MR) is 64.4 cm³/mol. The average molecular weight is 268 g/mol. The van der Waals surface area contributed by atoms with Crippen LogP contribution in [0.5, 0.6) is 0 Å². The topological polar surface area (TPSA) is 77.7 Å². The average Bonchev–Trinajstić information content (AvgIpc) is 2.66. The number of sulfone groups is 1. The molecule has 7 heteroatoms. The van der Waals surface area contributed by atoms with E-state index in [1.807, 2.05) is 6.92 Å². The van der Waals surface area contributed by atoms with Gasteiger partial charge in [-0.25, -0.2) is 18.2 Å². The number of carbonyl (C=O) groups excluding carboxylic acids is 1. The van der Waals surface area contributed by atoms with Crippen LogP contribution in [0.15, 0.2) is 23.4 Å². The number of rotatable bonds is 2. The number of methoxy groups -OCH3 is 1. The maximum Gasteiger partial charge on any atom is 0.358 e. The van der Waals surface area contributed by atoms with Crippen molar-refractivity contribution in [2.75, 3.05) is 13.4 Å². The van der Waals surface area contributed by atoms with Gasteiger partial charge in [0, 0.05) is 12.5 Å². The van der Waals surface area contributed by atoms with Gasteiger partial charge in [0.1, 0.15) is 5.65 Å². The maximum atomic E-state index is 11.7. The molecule has 0 aliphatic carbocycles. The standard InChI is InChI=1S/C11H12N2O4S/c1-7-4-5-8-12-10(18(3,15)16)9(11(14)17-2)13(8)6-7/h4-6H,1-3H3. The lowest BCUT2D eigenvalue weighted by atomic mass is 10.3. The highest BCUT2D eigenvalue weighted by molar-refractivity contribution is 7.90. The van der Waals surface area contributed by atoms with E-state index in [0.717, 1.165) is 11.8 Å². The number of hydrogen-bond donors (Lipinski definition) is 0. The summed E-state index contributed by atoms with van der Waals surface area (Å²) in [5, 5.41) is -0.264. The minimum atomic E-state index is -3.60. The monoisotopic (exact) mass is 268 g/mol. The van der Waals surface area contributed by atoms with Crippen molar-refractivity contribution in [3.05, 3.63) is 29.6 Å². The SMILES string of the molecule is COC(=O)c1c(S(C)(=O)=O)nc2ccc(C)cn12. The Morgan fingerprint density at radius 2 is 2.06 bits per heavy atom. The van der Waals surface area contributed by atoms with Crippen molar-refractivity contribution in [2.24, 2.45) is 0 Å². The predicted octanol–water partition coefficient (Wildman–Crippen LogP) is 0.833. The van der Waals surface area contributed by atoms with Crippen LogP contribution >= 0.6 is 0 Å². The van der Waals surface area contributed by atoms with Crippen LogP contribution in [0.2, 0.25) is 0 Å². The van der Waals surface area contributed by atoms with E-state index in [-0.39, 0.29) is 10.7 Å². The van der Waals surface area contributed by atoms with Crippen LogP contribution in [0.4, 0.5) is 0 Å². The van der Waals surface area contributed by atoms with Crippen LogP contribution in [0.25, 0.3) is 5.65 Å².